The van der Waals surface area contributed by atoms with Crippen LogP contribution in [0.4, 0.5) is 0 Å². The minimum absolute atomic E-state index is 0.0517. The molecule has 1 saturated heterocycles. The van der Waals surface area contributed by atoms with Crippen molar-refractivity contribution < 1.29 is 19.5 Å². The standard InChI is InChI=1S/C20H21N3O4/c24-19(22-26)10-9-15-5-1-2-8-18(15)27-17-7-4-12-23(14-17)20(25)16-6-3-11-21-13-16/h1-3,5-6,8-11,13,17,26H,4,7,12,14H2,(H,22,24)/t17-/m0/s1. The molecule has 0 radical (unpaired) electrons. The van der Waals surface area contributed by atoms with Crippen LogP contribution in [0.15, 0.2) is 54.9 Å². The van der Waals surface area contributed by atoms with Gasteiger partial charge in [-0.25, -0.2) is 5.48 Å². The van der Waals surface area contributed by atoms with Crippen LogP contribution in [0.5, 0.6) is 5.75 Å². The van der Waals surface area contributed by atoms with Gasteiger partial charge < -0.3 is 9.64 Å². The Balaban J connectivity index is 1.69. The molecule has 7 nitrogen and oxygen atoms in total. The van der Waals surface area contributed by atoms with Crippen LogP contribution < -0.4 is 10.2 Å². The largest absolute Gasteiger partial charge is 0.488 e. The highest BCUT2D eigenvalue weighted by molar-refractivity contribution is 5.94. The summed E-state index contributed by atoms with van der Waals surface area (Å²) < 4.78 is 6.11. The van der Waals surface area contributed by atoms with E-state index < -0.39 is 5.91 Å². The fourth-order valence-corrected chi connectivity index (χ4v) is 3.00. The third kappa shape index (κ3) is 4.92. The van der Waals surface area contributed by atoms with Gasteiger partial charge in [-0.2, -0.15) is 0 Å². The molecule has 0 spiro atoms. The number of nitrogens with one attached hydrogen (secondary N) is 1. The molecule has 2 N–H and O–H groups in total. The van der Waals surface area contributed by atoms with Gasteiger partial charge in [-0.1, -0.05) is 18.2 Å². The van der Waals surface area contributed by atoms with Crippen molar-refractivity contribution in [1.82, 2.24) is 15.4 Å². The fourth-order valence-electron chi connectivity index (χ4n) is 3.00. The van der Waals surface area contributed by atoms with E-state index in [1.807, 2.05) is 24.3 Å². The smallest absolute Gasteiger partial charge is 0.267 e. The third-order valence-corrected chi connectivity index (χ3v) is 4.31. The van der Waals surface area contributed by atoms with Crippen molar-refractivity contribution in [2.75, 3.05) is 13.1 Å². The predicted molar refractivity (Wildman–Crippen MR) is 99.2 cm³/mol. The van der Waals surface area contributed by atoms with Gasteiger partial charge in [0.1, 0.15) is 11.9 Å². The van der Waals surface area contributed by atoms with Crippen molar-refractivity contribution in [3.63, 3.8) is 0 Å². The van der Waals surface area contributed by atoms with E-state index in [-0.39, 0.29) is 12.0 Å². The van der Waals surface area contributed by atoms with E-state index in [1.165, 1.54) is 6.08 Å². The molecular formula is C20H21N3O4. The lowest BCUT2D eigenvalue weighted by Crippen LogP contribution is -2.44. The van der Waals surface area contributed by atoms with Crippen LogP contribution in [0.3, 0.4) is 0 Å². The normalized spacial score (nSPS) is 16.9. The summed E-state index contributed by atoms with van der Waals surface area (Å²) in [6, 6.07) is 10.8. The van der Waals surface area contributed by atoms with Gasteiger partial charge in [-0.15, -0.1) is 0 Å². The summed E-state index contributed by atoms with van der Waals surface area (Å²) >= 11 is 0. The van der Waals surface area contributed by atoms with Crippen LogP contribution in [-0.4, -0.2) is 46.1 Å². The van der Waals surface area contributed by atoms with E-state index in [2.05, 4.69) is 4.98 Å². The average Bonchev–Trinajstić information content (AvgIpc) is 2.73. The van der Waals surface area contributed by atoms with Crippen LogP contribution in [0.2, 0.25) is 0 Å². The Morgan fingerprint density at radius 1 is 1.26 bits per heavy atom. The van der Waals surface area contributed by atoms with Crippen molar-refractivity contribution in [2.45, 2.75) is 18.9 Å². The fraction of sp³-hybridized carbons (Fsp3) is 0.250. The summed E-state index contributed by atoms with van der Waals surface area (Å²) in [5.41, 5.74) is 2.84. The number of para-hydroxylation sites is 1. The Kier molecular flexibility index (Phi) is 6.17. The molecule has 2 aromatic rings. The number of benzene rings is 1. The summed E-state index contributed by atoms with van der Waals surface area (Å²) in [6.07, 6.45) is 7.55. The number of aromatic nitrogens is 1. The van der Waals surface area contributed by atoms with E-state index in [0.717, 1.165) is 18.4 Å². The average molecular weight is 367 g/mol. The second kappa shape index (κ2) is 8.95. The monoisotopic (exact) mass is 367 g/mol. The number of piperidine rings is 1. The van der Waals surface area contributed by atoms with Crippen molar-refractivity contribution >= 4 is 17.9 Å². The highest BCUT2D eigenvalue weighted by atomic mass is 16.5. The van der Waals surface area contributed by atoms with Gasteiger partial charge in [0.2, 0.25) is 0 Å². The zero-order valence-corrected chi connectivity index (χ0v) is 14.7. The molecule has 1 fully saturated rings. The molecule has 2 amide bonds. The van der Waals surface area contributed by atoms with Crippen molar-refractivity contribution in [1.29, 1.82) is 0 Å². The molecular weight excluding hydrogens is 346 g/mol. The van der Waals surface area contributed by atoms with E-state index in [4.69, 9.17) is 9.94 Å². The van der Waals surface area contributed by atoms with Crippen LogP contribution in [0.25, 0.3) is 6.08 Å². The predicted octanol–water partition coefficient (Wildman–Crippen LogP) is 2.28. The summed E-state index contributed by atoms with van der Waals surface area (Å²) in [7, 11) is 0. The first kappa shape index (κ1) is 18.6. The highest BCUT2D eigenvalue weighted by Gasteiger charge is 2.26. The maximum Gasteiger partial charge on any atom is 0.267 e. The van der Waals surface area contributed by atoms with Crippen molar-refractivity contribution in [3.8, 4) is 5.75 Å². The number of nitrogens with zero attached hydrogens (tertiary/aromatic N) is 2. The Hall–Kier alpha value is -3.19. The first-order chi connectivity index (χ1) is 13.2. The van der Waals surface area contributed by atoms with Gasteiger partial charge in [0.05, 0.1) is 12.1 Å². The molecule has 1 aromatic carbocycles. The number of amides is 2. The van der Waals surface area contributed by atoms with Gasteiger partial charge in [0.15, 0.2) is 0 Å². The van der Waals surface area contributed by atoms with E-state index in [1.54, 1.807) is 41.0 Å². The SMILES string of the molecule is O=C(C=Cc1ccccc1O[C@H]1CCCN(C(=O)c2cccnc2)C1)NO. The lowest BCUT2D eigenvalue weighted by molar-refractivity contribution is -0.124. The Bertz CT molecular complexity index is 823. The minimum Gasteiger partial charge on any atom is -0.488 e. The Labute approximate surface area is 157 Å². The molecule has 2 heterocycles. The van der Waals surface area contributed by atoms with Gasteiger partial charge >= 0.3 is 0 Å². The van der Waals surface area contributed by atoms with Gasteiger partial charge in [0.25, 0.3) is 11.8 Å². The molecule has 1 aliphatic rings. The highest BCUT2D eigenvalue weighted by Crippen LogP contribution is 2.24. The van der Waals surface area contributed by atoms with Crippen molar-refractivity contribution in [2.24, 2.45) is 0 Å². The first-order valence-electron chi connectivity index (χ1n) is 8.74. The molecule has 0 unspecified atom stereocenters. The lowest BCUT2D eigenvalue weighted by atomic mass is 10.1. The number of hydrogen-bond donors (Lipinski definition) is 2. The number of ether oxygens (including phenoxy) is 1. The Morgan fingerprint density at radius 2 is 2.11 bits per heavy atom. The zero-order chi connectivity index (χ0) is 19.1. The number of pyridine rings is 1. The number of hydroxylamine groups is 1. The number of rotatable bonds is 5. The summed E-state index contributed by atoms with van der Waals surface area (Å²) in [4.78, 5) is 29.6. The molecule has 0 bridgehead atoms. The van der Waals surface area contributed by atoms with Gasteiger partial charge in [0, 0.05) is 30.6 Å². The molecule has 3 rings (SSSR count). The number of carbonyl (C=O) groups excluding carboxylic acids is 2. The number of likely N-dealkylation sites (tertiary alicyclic amines) is 1. The second-order valence-electron chi connectivity index (χ2n) is 6.22. The molecule has 27 heavy (non-hydrogen) atoms. The summed E-state index contributed by atoms with van der Waals surface area (Å²) in [5, 5.41) is 8.59. The number of hydrogen-bond acceptors (Lipinski definition) is 5. The van der Waals surface area contributed by atoms with E-state index >= 15 is 0 Å². The quantitative estimate of drug-likeness (QED) is 0.481. The summed E-state index contributed by atoms with van der Waals surface area (Å²) in [5.74, 6) is -0.0416. The summed E-state index contributed by atoms with van der Waals surface area (Å²) in [6.45, 7) is 1.18. The molecule has 140 valence electrons. The second-order valence-corrected chi connectivity index (χ2v) is 6.22. The van der Waals surface area contributed by atoms with Crippen LogP contribution in [0, 0.1) is 0 Å². The minimum atomic E-state index is -0.615. The zero-order valence-electron chi connectivity index (χ0n) is 14.7. The third-order valence-electron chi connectivity index (χ3n) is 4.31. The van der Waals surface area contributed by atoms with E-state index in [9.17, 15) is 9.59 Å². The number of carbonyl (C=O) groups is 2. The van der Waals surface area contributed by atoms with Crippen LogP contribution in [-0.2, 0) is 4.79 Å². The van der Waals surface area contributed by atoms with Crippen LogP contribution >= 0.6 is 0 Å². The Morgan fingerprint density at radius 3 is 2.89 bits per heavy atom. The van der Waals surface area contributed by atoms with Gasteiger partial charge in [-0.05, 0) is 37.1 Å². The van der Waals surface area contributed by atoms with Crippen LogP contribution in [0.1, 0.15) is 28.8 Å². The molecule has 1 aliphatic heterocycles. The maximum atomic E-state index is 12.6. The molecule has 0 saturated carbocycles. The molecule has 1 atom stereocenters. The topological polar surface area (TPSA) is 91.8 Å². The molecule has 0 aliphatic carbocycles. The lowest BCUT2D eigenvalue weighted by Gasteiger charge is -2.33. The van der Waals surface area contributed by atoms with Crippen molar-refractivity contribution in [3.05, 3.63) is 66.0 Å². The molecule has 1 aromatic heterocycles. The van der Waals surface area contributed by atoms with Gasteiger partial charge in [-0.3, -0.25) is 19.8 Å². The maximum absolute atomic E-state index is 12.6. The molecule has 7 heteroatoms. The van der Waals surface area contributed by atoms with E-state index in [0.29, 0.717) is 24.4 Å². The first-order valence-corrected chi connectivity index (χ1v) is 8.74.